The first-order valence-electron chi connectivity index (χ1n) is 7.17. The quantitative estimate of drug-likeness (QED) is 0.454. The van der Waals surface area contributed by atoms with Gasteiger partial charge in [0.1, 0.15) is 0 Å². The van der Waals surface area contributed by atoms with Gasteiger partial charge in [0.2, 0.25) is 0 Å². The van der Waals surface area contributed by atoms with Gasteiger partial charge in [0.15, 0.2) is 0 Å². The zero-order valence-electron chi connectivity index (χ0n) is 11.4. The molecule has 0 unspecified atom stereocenters. The van der Waals surface area contributed by atoms with Gasteiger partial charge in [-0.3, -0.25) is 16.0 Å². The summed E-state index contributed by atoms with van der Waals surface area (Å²) in [5.74, 6) is 6.93. The van der Waals surface area contributed by atoms with E-state index in [4.69, 9.17) is 5.84 Å². The second-order valence-electron chi connectivity index (χ2n) is 5.93. The number of hydrogen-bond acceptors (Lipinski definition) is 5. The molecule has 1 aromatic carbocycles. The van der Waals surface area contributed by atoms with Crippen molar-refractivity contribution in [2.45, 2.75) is 25.7 Å². The minimum atomic E-state index is -0.364. The molecule has 6 heteroatoms. The standard InChI is InChI=1S/C14H20N4O2/c15-16-12-5-13(7-14(6-12)18(19)20)17(8-10-1-2-10)9-11-3-4-11/h5-7,10-11,16H,1-4,8-9,15H2. The number of nitro groups is 1. The summed E-state index contributed by atoms with van der Waals surface area (Å²) in [6.07, 6.45) is 5.10. The van der Waals surface area contributed by atoms with Crippen molar-refractivity contribution in [2.24, 2.45) is 17.7 Å². The number of benzene rings is 1. The van der Waals surface area contributed by atoms with Gasteiger partial charge in [0, 0.05) is 30.9 Å². The number of hydrazine groups is 1. The summed E-state index contributed by atoms with van der Waals surface area (Å²) in [5, 5.41) is 11.0. The van der Waals surface area contributed by atoms with Crippen LogP contribution < -0.4 is 16.2 Å². The van der Waals surface area contributed by atoms with Gasteiger partial charge < -0.3 is 10.3 Å². The van der Waals surface area contributed by atoms with Gasteiger partial charge in [-0.05, 0) is 43.6 Å². The molecule has 0 radical (unpaired) electrons. The van der Waals surface area contributed by atoms with E-state index in [0.29, 0.717) is 5.69 Å². The summed E-state index contributed by atoms with van der Waals surface area (Å²) in [7, 11) is 0. The molecule has 6 nitrogen and oxygen atoms in total. The van der Waals surface area contributed by atoms with E-state index in [1.54, 1.807) is 6.07 Å². The number of nitrogens with two attached hydrogens (primary N) is 1. The topological polar surface area (TPSA) is 84.4 Å². The third-order valence-electron chi connectivity index (χ3n) is 4.00. The van der Waals surface area contributed by atoms with E-state index in [1.165, 1.54) is 31.7 Å². The van der Waals surface area contributed by atoms with Crippen LogP contribution in [-0.4, -0.2) is 18.0 Å². The number of nitrogens with one attached hydrogen (secondary N) is 1. The van der Waals surface area contributed by atoms with Gasteiger partial charge in [-0.2, -0.15) is 0 Å². The summed E-state index contributed by atoms with van der Waals surface area (Å²) in [6.45, 7) is 2.00. The molecule has 0 heterocycles. The van der Waals surface area contributed by atoms with Gasteiger partial charge in [-0.1, -0.05) is 0 Å². The number of nitrogen functional groups attached to an aromatic ring is 1. The van der Waals surface area contributed by atoms with Crippen molar-refractivity contribution in [1.82, 2.24) is 0 Å². The molecule has 0 amide bonds. The van der Waals surface area contributed by atoms with Crippen LogP contribution in [0.15, 0.2) is 18.2 Å². The second kappa shape index (κ2) is 5.28. The van der Waals surface area contributed by atoms with Crippen LogP contribution in [0.4, 0.5) is 17.1 Å². The zero-order chi connectivity index (χ0) is 14.1. The highest BCUT2D eigenvalue weighted by Gasteiger charge is 2.30. The Bertz CT molecular complexity index is 498. The molecule has 0 aromatic heterocycles. The predicted molar refractivity (Wildman–Crippen MR) is 78.6 cm³/mol. The number of hydrogen-bond donors (Lipinski definition) is 2. The lowest BCUT2D eigenvalue weighted by molar-refractivity contribution is -0.384. The molecule has 0 spiro atoms. The lowest BCUT2D eigenvalue weighted by Crippen LogP contribution is -2.28. The number of non-ortho nitro benzene ring substituents is 1. The monoisotopic (exact) mass is 276 g/mol. The summed E-state index contributed by atoms with van der Waals surface area (Å²) in [5.41, 5.74) is 4.11. The van der Waals surface area contributed by atoms with Crippen LogP contribution in [0.3, 0.4) is 0 Å². The average Bonchev–Trinajstić information content (AvgIpc) is 3.32. The van der Waals surface area contributed by atoms with Crippen molar-refractivity contribution >= 4 is 17.1 Å². The Morgan fingerprint density at radius 2 is 1.80 bits per heavy atom. The zero-order valence-corrected chi connectivity index (χ0v) is 11.4. The molecule has 0 atom stereocenters. The van der Waals surface area contributed by atoms with Crippen LogP contribution in [0, 0.1) is 22.0 Å². The summed E-state index contributed by atoms with van der Waals surface area (Å²) < 4.78 is 0. The third kappa shape index (κ3) is 3.19. The van der Waals surface area contributed by atoms with E-state index >= 15 is 0 Å². The fourth-order valence-corrected chi connectivity index (χ4v) is 2.48. The summed E-state index contributed by atoms with van der Waals surface area (Å²) in [6, 6.07) is 5.03. The van der Waals surface area contributed by atoms with Gasteiger partial charge in [0.05, 0.1) is 10.6 Å². The van der Waals surface area contributed by atoms with Gasteiger partial charge in [-0.25, -0.2) is 0 Å². The first kappa shape index (κ1) is 13.2. The van der Waals surface area contributed by atoms with Crippen molar-refractivity contribution in [3.8, 4) is 0 Å². The lowest BCUT2D eigenvalue weighted by atomic mass is 10.2. The number of anilines is 2. The highest BCUT2D eigenvalue weighted by Crippen LogP contribution is 2.37. The van der Waals surface area contributed by atoms with Gasteiger partial charge >= 0.3 is 0 Å². The molecular formula is C14H20N4O2. The third-order valence-corrected chi connectivity index (χ3v) is 4.00. The number of rotatable bonds is 7. The number of nitro benzene ring substituents is 1. The molecule has 108 valence electrons. The molecule has 0 aliphatic heterocycles. The smallest absolute Gasteiger partial charge is 0.273 e. The SMILES string of the molecule is NNc1cc(N(CC2CC2)CC2CC2)cc([N+](=O)[O-])c1. The predicted octanol–water partition coefficient (Wildman–Crippen LogP) is 2.51. The molecule has 2 fully saturated rings. The molecule has 3 rings (SSSR count). The minimum absolute atomic E-state index is 0.0899. The fraction of sp³-hybridized carbons (Fsp3) is 0.571. The van der Waals surface area contributed by atoms with Crippen LogP contribution in [0.25, 0.3) is 0 Å². The van der Waals surface area contributed by atoms with E-state index in [0.717, 1.165) is 30.6 Å². The molecule has 0 bridgehead atoms. The summed E-state index contributed by atoms with van der Waals surface area (Å²) >= 11 is 0. The molecule has 1 aromatic rings. The molecule has 2 aliphatic rings. The van der Waals surface area contributed by atoms with E-state index in [-0.39, 0.29) is 10.6 Å². The normalized spacial score (nSPS) is 17.9. The molecule has 20 heavy (non-hydrogen) atoms. The Hall–Kier alpha value is -1.82. The van der Waals surface area contributed by atoms with Crippen molar-refractivity contribution in [3.63, 3.8) is 0 Å². The first-order chi connectivity index (χ1) is 9.65. The van der Waals surface area contributed by atoms with Crippen molar-refractivity contribution in [3.05, 3.63) is 28.3 Å². The van der Waals surface area contributed by atoms with E-state index in [2.05, 4.69) is 10.3 Å². The maximum Gasteiger partial charge on any atom is 0.273 e. The highest BCUT2D eigenvalue weighted by molar-refractivity contribution is 5.64. The Morgan fingerprint density at radius 1 is 1.20 bits per heavy atom. The highest BCUT2D eigenvalue weighted by atomic mass is 16.6. The Balaban J connectivity index is 1.86. The molecule has 2 aliphatic carbocycles. The lowest BCUT2D eigenvalue weighted by Gasteiger charge is -2.25. The molecule has 3 N–H and O–H groups in total. The Morgan fingerprint density at radius 3 is 2.25 bits per heavy atom. The Kier molecular flexibility index (Phi) is 3.48. The fourth-order valence-electron chi connectivity index (χ4n) is 2.48. The maximum atomic E-state index is 11.0. The van der Waals surface area contributed by atoms with Crippen LogP contribution in [-0.2, 0) is 0 Å². The maximum absolute atomic E-state index is 11.0. The Labute approximate surface area is 118 Å². The van der Waals surface area contributed by atoms with Crippen molar-refractivity contribution in [1.29, 1.82) is 0 Å². The van der Waals surface area contributed by atoms with Crippen LogP contribution >= 0.6 is 0 Å². The van der Waals surface area contributed by atoms with E-state index in [1.807, 2.05) is 6.07 Å². The van der Waals surface area contributed by atoms with E-state index in [9.17, 15) is 10.1 Å². The number of nitrogens with zero attached hydrogens (tertiary/aromatic N) is 2. The van der Waals surface area contributed by atoms with Gasteiger partial charge in [0.25, 0.3) is 5.69 Å². The minimum Gasteiger partial charge on any atom is -0.371 e. The van der Waals surface area contributed by atoms with Crippen LogP contribution in [0.2, 0.25) is 0 Å². The van der Waals surface area contributed by atoms with E-state index < -0.39 is 0 Å². The molecule has 2 saturated carbocycles. The second-order valence-corrected chi connectivity index (χ2v) is 5.93. The first-order valence-corrected chi connectivity index (χ1v) is 7.17. The van der Waals surface area contributed by atoms with Crippen molar-refractivity contribution < 1.29 is 4.92 Å². The van der Waals surface area contributed by atoms with Crippen LogP contribution in [0.5, 0.6) is 0 Å². The largest absolute Gasteiger partial charge is 0.371 e. The molecule has 0 saturated heterocycles. The van der Waals surface area contributed by atoms with Crippen LogP contribution in [0.1, 0.15) is 25.7 Å². The molecular weight excluding hydrogens is 256 g/mol. The average molecular weight is 276 g/mol. The van der Waals surface area contributed by atoms with Crippen molar-refractivity contribution in [2.75, 3.05) is 23.4 Å². The summed E-state index contributed by atoms with van der Waals surface area (Å²) in [4.78, 5) is 13.0. The van der Waals surface area contributed by atoms with Gasteiger partial charge in [-0.15, -0.1) is 0 Å².